The topological polar surface area (TPSA) is 78.0 Å². The van der Waals surface area contributed by atoms with Crippen molar-refractivity contribution in [3.05, 3.63) is 29.8 Å². The van der Waals surface area contributed by atoms with Crippen LogP contribution in [-0.2, 0) is 14.8 Å². The number of carbonyl (C=O) groups is 2. The molecule has 0 unspecified atom stereocenters. The molecule has 0 spiro atoms. The molecule has 1 aromatic carbocycles. The summed E-state index contributed by atoms with van der Waals surface area (Å²) in [5.74, 6) is -0.0712. The van der Waals surface area contributed by atoms with Gasteiger partial charge in [-0.15, -0.1) is 0 Å². The molecule has 1 heterocycles. The van der Waals surface area contributed by atoms with Crippen LogP contribution >= 0.6 is 0 Å². The number of hydrogen-bond acceptors (Lipinski definition) is 4. The Morgan fingerprint density at radius 1 is 1.00 bits per heavy atom. The Morgan fingerprint density at radius 3 is 2.10 bits per heavy atom. The molecule has 1 aromatic rings. The summed E-state index contributed by atoms with van der Waals surface area (Å²) >= 11 is 0. The Kier molecular flexibility index (Phi) is 8.22. The molecule has 7 nitrogen and oxygen atoms in total. The predicted octanol–water partition coefficient (Wildman–Crippen LogP) is 2.44. The number of likely N-dealkylation sites (tertiary alicyclic amines) is 1. The third kappa shape index (κ3) is 5.17. The molecule has 2 rings (SSSR count). The number of nitrogens with zero attached hydrogens (tertiary/aromatic N) is 3. The van der Waals surface area contributed by atoms with Gasteiger partial charge in [-0.25, -0.2) is 8.42 Å². The number of piperidine rings is 1. The third-order valence-corrected chi connectivity index (χ3v) is 7.68. The number of sulfonamides is 1. The maximum Gasteiger partial charge on any atom is 0.253 e. The van der Waals surface area contributed by atoms with Crippen molar-refractivity contribution in [1.82, 2.24) is 14.1 Å². The van der Waals surface area contributed by atoms with E-state index in [0.717, 1.165) is 0 Å². The Hall–Kier alpha value is -1.93. The number of hydrogen-bond donors (Lipinski definition) is 0. The van der Waals surface area contributed by atoms with Crippen LogP contribution in [0.3, 0.4) is 0 Å². The lowest BCUT2D eigenvalue weighted by Crippen LogP contribution is -2.44. The highest BCUT2D eigenvalue weighted by atomic mass is 32.2. The zero-order chi connectivity index (χ0) is 21.6. The van der Waals surface area contributed by atoms with Crippen LogP contribution in [0.5, 0.6) is 0 Å². The summed E-state index contributed by atoms with van der Waals surface area (Å²) in [4.78, 5) is 29.2. The van der Waals surface area contributed by atoms with Gasteiger partial charge in [-0.2, -0.15) is 4.31 Å². The summed E-state index contributed by atoms with van der Waals surface area (Å²) < 4.78 is 26.9. The van der Waals surface area contributed by atoms with Crippen LogP contribution in [0.1, 0.15) is 50.9 Å². The first-order valence-electron chi connectivity index (χ1n) is 10.5. The molecule has 1 fully saturated rings. The van der Waals surface area contributed by atoms with Gasteiger partial charge in [0, 0.05) is 50.7 Å². The SMILES string of the molecule is CCN(CC)C(=O)C1CCN(C(=O)c2cccc(S(=O)(=O)N(CC)CC)c2)CC1. The van der Waals surface area contributed by atoms with E-state index in [0.29, 0.717) is 57.7 Å². The fourth-order valence-corrected chi connectivity index (χ4v) is 5.31. The molecule has 0 aliphatic carbocycles. The molecular formula is C21H33N3O4S. The largest absolute Gasteiger partial charge is 0.343 e. The van der Waals surface area contributed by atoms with Gasteiger partial charge in [-0.3, -0.25) is 9.59 Å². The zero-order valence-corrected chi connectivity index (χ0v) is 18.7. The maximum atomic E-state index is 12.9. The minimum Gasteiger partial charge on any atom is -0.343 e. The first kappa shape index (κ1) is 23.3. The first-order valence-corrected chi connectivity index (χ1v) is 11.9. The van der Waals surface area contributed by atoms with Crippen LogP contribution in [0, 0.1) is 5.92 Å². The van der Waals surface area contributed by atoms with Gasteiger partial charge in [-0.05, 0) is 44.9 Å². The molecule has 8 heteroatoms. The molecule has 0 radical (unpaired) electrons. The average Bonchev–Trinajstić information content (AvgIpc) is 2.75. The highest BCUT2D eigenvalue weighted by Gasteiger charge is 2.30. The van der Waals surface area contributed by atoms with Crippen LogP contribution in [-0.4, -0.2) is 73.6 Å². The molecule has 0 N–H and O–H groups in total. The smallest absolute Gasteiger partial charge is 0.253 e. The molecule has 0 atom stereocenters. The molecular weight excluding hydrogens is 390 g/mol. The van der Waals surface area contributed by atoms with E-state index >= 15 is 0 Å². The fraction of sp³-hybridized carbons (Fsp3) is 0.619. The standard InChI is InChI=1S/C21H33N3O4S/c1-5-22(6-2)20(25)17-12-14-23(15-13-17)21(26)18-10-9-11-19(16-18)29(27,28)24(7-3)8-4/h9-11,16-17H,5-8,12-15H2,1-4H3. The first-order chi connectivity index (χ1) is 13.8. The molecule has 1 aliphatic rings. The Labute approximate surface area is 174 Å². The van der Waals surface area contributed by atoms with E-state index in [1.807, 2.05) is 18.7 Å². The molecule has 162 valence electrons. The molecule has 1 aliphatic heterocycles. The van der Waals surface area contributed by atoms with E-state index in [1.165, 1.54) is 16.4 Å². The number of carbonyl (C=O) groups excluding carboxylic acids is 2. The van der Waals surface area contributed by atoms with Gasteiger partial charge in [0.25, 0.3) is 5.91 Å². The quantitative estimate of drug-likeness (QED) is 0.643. The minimum absolute atomic E-state index is 0.0478. The van der Waals surface area contributed by atoms with Crippen molar-refractivity contribution in [1.29, 1.82) is 0 Å². The average molecular weight is 424 g/mol. The zero-order valence-electron chi connectivity index (χ0n) is 17.9. The van der Waals surface area contributed by atoms with Gasteiger partial charge in [-0.1, -0.05) is 19.9 Å². The van der Waals surface area contributed by atoms with Gasteiger partial charge >= 0.3 is 0 Å². The lowest BCUT2D eigenvalue weighted by molar-refractivity contribution is -0.136. The molecule has 0 bridgehead atoms. The molecule has 29 heavy (non-hydrogen) atoms. The molecule has 0 aromatic heterocycles. The van der Waals surface area contributed by atoms with Crippen LogP contribution in [0.15, 0.2) is 29.2 Å². The van der Waals surface area contributed by atoms with E-state index in [4.69, 9.17) is 0 Å². The van der Waals surface area contributed by atoms with Gasteiger partial charge in [0.2, 0.25) is 15.9 Å². The summed E-state index contributed by atoms with van der Waals surface area (Å²) in [5.41, 5.74) is 0.367. The molecule has 0 saturated carbocycles. The summed E-state index contributed by atoms with van der Waals surface area (Å²) in [6.07, 6.45) is 1.27. The van der Waals surface area contributed by atoms with E-state index in [1.54, 1.807) is 30.9 Å². The van der Waals surface area contributed by atoms with Crippen molar-refractivity contribution in [3.63, 3.8) is 0 Å². The third-order valence-electron chi connectivity index (χ3n) is 5.63. The molecule has 2 amide bonds. The summed E-state index contributed by atoms with van der Waals surface area (Å²) in [6, 6.07) is 6.25. The van der Waals surface area contributed by atoms with Crippen molar-refractivity contribution in [2.24, 2.45) is 5.92 Å². The van der Waals surface area contributed by atoms with Gasteiger partial charge in [0.1, 0.15) is 0 Å². The Bertz CT molecular complexity index is 809. The highest BCUT2D eigenvalue weighted by Crippen LogP contribution is 2.23. The van der Waals surface area contributed by atoms with Crippen LogP contribution in [0.25, 0.3) is 0 Å². The monoisotopic (exact) mass is 423 g/mol. The maximum absolute atomic E-state index is 12.9. The lowest BCUT2D eigenvalue weighted by Gasteiger charge is -2.33. The number of rotatable bonds is 8. The van der Waals surface area contributed by atoms with E-state index < -0.39 is 10.0 Å². The van der Waals surface area contributed by atoms with E-state index in [-0.39, 0.29) is 22.6 Å². The van der Waals surface area contributed by atoms with Crippen LogP contribution in [0.2, 0.25) is 0 Å². The van der Waals surface area contributed by atoms with E-state index in [2.05, 4.69) is 0 Å². The normalized spacial score (nSPS) is 15.6. The predicted molar refractivity (Wildman–Crippen MR) is 113 cm³/mol. The second-order valence-corrected chi connectivity index (χ2v) is 9.13. The van der Waals surface area contributed by atoms with Crippen molar-refractivity contribution < 1.29 is 18.0 Å². The summed E-state index contributed by atoms with van der Waals surface area (Å²) in [5, 5.41) is 0. The highest BCUT2D eigenvalue weighted by molar-refractivity contribution is 7.89. The second-order valence-electron chi connectivity index (χ2n) is 7.19. The van der Waals surface area contributed by atoms with Crippen LogP contribution in [0.4, 0.5) is 0 Å². The summed E-state index contributed by atoms with van der Waals surface area (Å²) in [7, 11) is -3.61. The second kappa shape index (κ2) is 10.2. The van der Waals surface area contributed by atoms with E-state index in [9.17, 15) is 18.0 Å². The van der Waals surface area contributed by atoms with Crippen molar-refractivity contribution in [3.8, 4) is 0 Å². The van der Waals surface area contributed by atoms with Crippen molar-refractivity contribution >= 4 is 21.8 Å². The Morgan fingerprint density at radius 2 is 1.59 bits per heavy atom. The number of amides is 2. The molecule has 1 saturated heterocycles. The number of benzene rings is 1. The van der Waals surface area contributed by atoms with Crippen molar-refractivity contribution in [2.45, 2.75) is 45.4 Å². The fourth-order valence-electron chi connectivity index (χ4n) is 3.81. The lowest BCUT2D eigenvalue weighted by atomic mass is 9.94. The Balaban J connectivity index is 2.10. The van der Waals surface area contributed by atoms with Gasteiger partial charge in [0.05, 0.1) is 4.90 Å². The van der Waals surface area contributed by atoms with Gasteiger partial charge in [0.15, 0.2) is 0 Å². The minimum atomic E-state index is -3.61. The summed E-state index contributed by atoms with van der Waals surface area (Å²) in [6.45, 7) is 10.7. The van der Waals surface area contributed by atoms with Gasteiger partial charge < -0.3 is 9.80 Å². The van der Waals surface area contributed by atoms with Crippen molar-refractivity contribution in [2.75, 3.05) is 39.3 Å². The van der Waals surface area contributed by atoms with Crippen LogP contribution < -0.4 is 0 Å².